The van der Waals surface area contributed by atoms with Gasteiger partial charge in [-0.05, 0) is 49.6 Å². The number of rotatable bonds is 8. The Morgan fingerprint density at radius 2 is 1.73 bits per heavy atom. The minimum Gasteiger partial charge on any atom is -0.340 e. The van der Waals surface area contributed by atoms with Crippen molar-refractivity contribution in [3.05, 3.63) is 77.5 Å². The first-order valence-electron chi connectivity index (χ1n) is 9.88. The van der Waals surface area contributed by atoms with Crippen molar-refractivity contribution < 1.29 is 13.6 Å². The summed E-state index contributed by atoms with van der Waals surface area (Å²) in [7, 11) is 0. The van der Waals surface area contributed by atoms with Crippen LogP contribution >= 0.6 is 0 Å². The monoisotopic (exact) mass is 407 g/mol. The van der Waals surface area contributed by atoms with Gasteiger partial charge in [0.1, 0.15) is 23.1 Å². The average Bonchev–Trinajstić information content (AvgIpc) is 2.75. The van der Waals surface area contributed by atoms with Crippen LogP contribution in [0.4, 0.5) is 20.3 Å². The Kier molecular flexibility index (Phi) is 7.01. The van der Waals surface area contributed by atoms with Crippen LogP contribution < -0.4 is 5.32 Å². The summed E-state index contributed by atoms with van der Waals surface area (Å²) in [4.78, 5) is 20.6. The SMILES string of the molecule is CC=C(CCCC)c1c(C=O)nc(-c2c(F)cccc2F)nc1Nc1ccccc1. The van der Waals surface area contributed by atoms with E-state index in [0.717, 1.165) is 42.7 Å². The topological polar surface area (TPSA) is 54.9 Å². The highest BCUT2D eigenvalue weighted by molar-refractivity contribution is 5.90. The van der Waals surface area contributed by atoms with Crippen LogP contribution in [0.25, 0.3) is 17.0 Å². The fourth-order valence-corrected chi connectivity index (χ4v) is 3.23. The summed E-state index contributed by atoms with van der Waals surface area (Å²) in [6, 6.07) is 12.8. The smallest absolute Gasteiger partial charge is 0.169 e. The maximum atomic E-state index is 14.4. The summed E-state index contributed by atoms with van der Waals surface area (Å²) in [6.45, 7) is 3.97. The van der Waals surface area contributed by atoms with E-state index in [1.54, 1.807) is 0 Å². The maximum Gasteiger partial charge on any atom is 0.169 e. The Labute approximate surface area is 174 Å². The molecule has 0 aliphatic heterocycles. The van der Waals surface area contributed by atoms with Crippen LogP contribution in [0, 0.1) is 11.6 Å². The molecule has 3 rings (SSSR count). The number of nitrogens with zero attached hydrogens (tertiary/aromatic N) is 2. The molecule has 4 nitrogen and oxygen atoms in total. The van der Waals surface area contributed by atoms with E-state index in [2.05, 4.69) is 22.2 Å². The van der Waals surface area contributed by atoms with Crippen molar-refractivity contribution in [3.63, 3.8) is 0 Å². The van der Waals surface area contributed by atoms with Gasteiger partial charge in [0.25, 0.3) is 0 Å². The summed E-state index contributed by atoms with van der Waals surface area (Å²) < 4.78 is 28.8. The fourth-order valence-electron chi connectivity index (χ4n) is 3.23. The number of para-hydroxylation sites is 1. The molecule has 0 saturated heterocycles. The van der Waals surface area contributed by atoms with Crippen molar-refractivity contribution in [2.24, 2.45) is 0 Å². The standard InChI is InChI=1S/C24H23F2N3O/c1-3-5-10-16(4-2)21-20(15-30)28-24(22-18(25)13-9-14-19(22)26)29-23(21)27-17-11-7-6-8-12-17/h4,6-9,11-15H,3,5,10H2,1-2H3,(H,27,28,29). The highest BCUT2D eigenvalue weighted by atomic mass is 19.1. The van der Waals surface area contributed by atoms with E-state index >= 15 is 0 Å². The molecule has 0 bridgehead atoms. The van der Waals surface area contributed by atoms with E-state index in [9.17, 15) is 13.6 Å². The predicted octanol–water partition coefficient (Wildman–Crippen LogP) is 6.57. The molecule has 0 saturated carbocycles. The molecule has 6 heteroatoms. The molecule has 30 heavy (non-hydrogen) atoms. The number of unbranched alkanes of at least 4 members (excludes halogenated alkanes) is 1. The number of benzene rings is 2. The van der Waals surface area contributed by atoms with Gasteiger partial charge in [-0.25, -0.2) is 18.7 Å². The Morgan fingerprint density at radius 1 is 1.03 bits per heavy atom. The molecule has 1 aromatic heterocycles. The number of hydrogen-bond donors (Lipinski definition) is 1. The quantitative estimate of drug-likeness (QED) is 0.429. The molecule has 1 heterocycles. The van der Waals surface area contributed by atoms with Crippen molar-refractivity contribution in [2.45, 2.75) is 33.1 Å². The van der Waals surface area contributed by atoms with Crippen molar-refractivity contribution >= 4 is 23.4 Å². The predicted molar refractivity (Wildman–Crippen MR) is 116 cm³/mol. The minimum absolute atomic E-state index is 0.0882. The first-order valence-corrected chi connectivity index (χ1v) is 9.88. The van der Waals surface area contributed by atoms with Gasteiger partial charge in [-0.15, -0.1) is 0 Å². The van der Waals surface area contributed by atoms with Gasteiger partial charge < -0.3 is 5.32 Å². The number of halogens is 2. The van der Waals surface area contributed by atoms with Gasteiger partial charge in [0.05, 0.1) is 5.56 Å². The molecule has 154 valence electrons. The van der Waals surface area contributed by atoms with Crippen molar-refractivity contribution in [1.29, 1.82) is 0 Å². The van der Waals surface area contributed by atoms with Crippen molar-refractivity contribution in [1.82, 2.24) is 9.97 Å². The van der Waals surface area contributed by atoms with Crippen molar-refractivity contribution in [2.75, 3.05) is 5.32 Å². The zero-order chi connectivity index (χ0) is 21.5. The molecular formula is C24H23F2N3O. The van der Waals surface area contributed by atoms with Gasteiger partial charge in [-0.2, -0.15) is 0 Å². The van der Waals surface area contributed by atoms with E-state index in [4.69, 9.17) is 0 Å². The van der Waals surface area contributed by atoms with Gasteiger partial charge in [0.2, 0.25) is 0 Å². The molecule has 0 radical (unpaired) electrons. The molecular weight excluding hydrogens is 384 g/mol. The van der Waals surface area contributed by atoms with E-state index in [1.807, 2.05) is 43.3 Å². The van der Waals surface area contributed by atoms with Crippen LogP contribution in [0.1, 0.15) is 49.2 Å². The van der Waals surface area contributed by atoms with E-state index in [1.165, 1.54) is 6.07 Å². The number of carbonyl (C=O) groups excluding carboxylic acids is 1. The number of nitrogens with one attached hydrogen (secondary N) is 1. The number of anilines is 2. The van der Waals surface area contributed by atoms with E-state index < -0.39 is 11.6 Å². The number of aldehydes is 1. The maximum absolute atomic E-state index is 14.4. The van der Waals surface area contributed by atoms with Crippen LogP contribution in [0.2, 0.25) is 0 Å². The lowest BCUT2D eigenvalue weighted by Gasteiger charge is -2.17. The summed E-state index contributed by atoms with van der Waals surface area (Å²) >= 11 is 0. The summed E-state index contributed by atoms with van der Waals surface area (Å²) in [6.07, 6.45) is 5.15. The molecule has 0 spiro atoms. The third kappa shape index (κ3) is 4.59. The first-order chi connectivity index (χ1) is 14.6. The van der Waals surface area contributed by atoms with Gasteiger partial charge in [0, 0.05) is 11.3 Å². The lowest BCUT2D eigenvalue weighted by molar-refractivity contribution is 0.111. The second-order valence-electron chi connectivity index (χ2n) is 6.78. The summed E-state index contributed by atoms with van der Waals surface area (Å²) in [5.74, 6) is -1.43. The fraction of sp³-hybridized carbons (Fsp3) is 0.208. The molecule has 0 unspecified atom stereocenters. The summed E-state index contributed by atoms with van der Waals surface area (Å²) in [5.41, 5.74) is 1.91. The molecule has 0 amide bonds. The van der Waals surface area contributed by atoms with Crippen LogP contribution in [-0.4, -0.2) is 16.3 Å². The van der Waals surface area contributed by atoms with Crippen LogP contribution in [-0.2, 0) is 0 Å². The Hall–Kier alpha value is -3.41. The number of carbonyl (C=O) groups is 1. The lowest BCUT2D eigenvalue weighted by Crippen LogP contribution is -2.09. The molecule has 1 N–H and O–H groups in total. The third-order valence-corrected chi connectivity index (χ3v) is 4.74. The molecule has 3 aromatic rings. The first kappa shape index (κ1) is 21.3. The largest absolute Gasteiger partial charge is 0.340 e. The molecule has 2 aromatic carbocycles. The average molecular weight is 407 g/mol. The zero-order valence-corrected chi connectivity index (χ0v) is 17.0. The van der Waals surface area contributed by atoms with Crippen LogP contribution in [0.3, 0.4) is 0 Å². The highest BCUT2D eigenvalue weighted by Gasteiger charge is 2.21. The number of allylic oxidation sites excluding steroid dienone is 2. The molecule has 0 aliphatic carbocycles. The molecule has 0 atom stereocenters. The van der Waals surface area contributed by atoms with Crippen LogP contribution in [0.15, 0.2) is 54.6 Å². The second-order valence-corrected chi connectivity index (χ2v) is 6.78. The molecule has 0 fully saturated rings. The third-order valence-electron chi connectivity index (χ3n) is 4.74. The Morgan fingerprint density at radius 3 is 2.33 bits per heavy atom. The van der Waals surface area contributed by atoms with Crippen LogP contribution in [0.5, 0.6) is 0 Å². The minimum atomic E-state index is -0.789. The molecule has 0 aliphatic rings. The Bertz CT molecular complexity index is 1050. The highest BCUT2D eigenvalue weighted by Crippen LogP contribution is 2.33. The zero-order valence-electron chi connectivity index (χ0n) is 17.0. The second kappa shape index (κ2) is 9.87. The van der Waals surface area contributed by atoms with Gasteiger partial charge in [-0.1, -0.05) is 43.7 Å². The summed E-state index contributed by atoms with van der Waals surface area (Å²) in [5, 5.41) is 3.19. The van der Waals surface area contributed by atoms with E-state index in [0.29, 0.717) is 17.7 Å². The number of aromatic nitrogens is 2. The van der Waals surface area contributed by atoms with Crippen molar-refractivity contribution in [3.8, 4) is 11.4 Å². The number of hydrogen-bond acceptors (Lipinski definition) is 4. The van der Waals surface area contributed by atoms with Gasteiger partial charge in [0.15, 0.2) is 12.1 Å². The normalized spacial score (nSPS) is 11.4. The van der Waals surface area contributed by atoms with Gasteiger partial charge in [-0.3, -0.25) is 4.79 Å². The van der Waals surface area contributed by atoms with E-state index in [-0.39, 0.29) is 17.1 Å². The lowest BCUT2D eigenvalue weighted by atomic mass is 9.98. The Balaban J connectivity index is 2.24. The van der Waals surface area contributed by atoms with Gasteiger partial charge >= 0.3 is 0 Å².